The summed E-state index contributed by atoms with van der Waals surface area (Å²) in [6.45, 7) is 1.98. The number of aromatic nitrogens is 3. The second-order valence-corrected chi connectivity index (χ2v) is 5.12. The lowest BCUT2D eigenvalue weighted by Crippen LogP contribution is -2.15. The molecule has 0 aliphatic rings. The van der Waals surface area contributed by atoms with E-state index in [4.69, 9.17) is 0 Å². The largest absolute Gasteiger partial charge is 0.383 e. The molecule has 0 aliphatic heterocycles. The van der Waals surface area contributed by atoms with Gasteiger partial charge < -0.3 is 4.74 Å². The van der Waals surface area contributed by atoms with Crippen molar-refractivity contribution in [2.75, 3.05) is 0 Å². The minimum Gasteiger partial charge on any atom is -0.383 e. The van der Waals surface area contributed by atoms with Crippen molar-refractivity contribution in [1.29, 1.82) is 0 Å². The van der Waals surface area contributed by atoms with Crippen LogP contribution in [0.25, 0.3) is 0 Å². The number of hydrogen-bond donors (Lipinski definition) is 0. The van der Waals surface area contributed by atoms with Crippen LogP contribution < -0.4 is 0 Å². The number of rotatable bonds is 5. The Morgan fingerprint density at radius 2 is 1.95 bits per heavy atom. The summed E-state index contributed by atoms with van der Waals surface area (Å²) in [5.74, 6) is -1.98. The molecular formula is C13H11F2N3O3S. The first-order valence-corrected chi connectivity index (χ1v) is 7.20. The number of esters is 2. The molecule has 9 heteroatoms. The van der Waals surface area contributed by atoms with Crippen molar-refractivity contribution in [2.45, 2.75) is 26.2 Å². The number of aryl methyl sites for hydroxylation is 1. The van der Waals surface area contributed by atoms with Gasteiger partial charge in [0, 0.05) is 5.38 Å². The lowest BCUT2D eigenvalue weighted by Gasteiger charge is -2.01. The van der Waals surface area contributed by atoms with Gasteiger partial charge in [-0.15, -0.1) is 11.3 Å². The van der Waals surface area contributed by atoms with Gasteiger partial charge in [0.25, 0.3) is 6.43 Å². The highest BCUT2D eigenvalue weighted by molar-refractivity contribution is 7.09. The SMILES string of the molecule is CCCc1nc(C(=O)OC(=O)c2cnc(C(F)F)cn2)cs1. The highest BCUT2D eigenvalue weighted by atomic mass is 32.1. The molecule has 22 heavy (non-hydrogen) atoms. The molecular weight excluding hydrogens is 316 g/mol. The summed E-state index contributed by atoms with van der Waals surface area (Å²) in [5, 5.41) is 2.26. The zero-order valence-corrected chi connectivity index (χ0v) is 12.3. The fourth-order valence-corrected chi connectivity index (χ4v) is 2.35. The molecule has 0 aromatic carbocycles. The molecule has 0 bridgehead atoms. The number of ether oxygens (including phenoxy) is 1. The molecule has 0 saturated heterocycles. The predicted octanol–water partition coefficient (Wildman–Crippen LogP) is 2.82. The summed E-state index contributed by atoms with van der Waals surface area (Å²) < 4.78 is 29.2. The van der Waals surface area contributed by atoms with Crippen molar-refractivity contribution in [2.24, 2.45) is 0 Å². The quantitative estimate of drug-likeness (QED) is 0.620. The number of thiazole rings is 1. The number of nitrogens with zero attached hydrogens (tertiary/aromatic N) is 3. The van der Waals surface area contributed by atoms with Crippen molar-refractivity contribution < 1.29 is 23.1 Å². The van der Waals surface area contributed by atoms with E-state index in [1.807, 2.05) is 6.92 Å². The van der Waals surface area contributed by atoms with E-state index in [1.54, 1.807) is 0 Å². The third-order valence-corrected chi connectivity index (χ3v) is 3.42. The van der Waals surface area contributed by atoms with Crippen LogP contribution in [-0.4, -0.2) is 26.9 Å². The van der Waals surface area contributed by atoms with Crippen LogP contribution in [0.1, 0.15) is 51.4 Å². The van der Waals surface area contributed by atoms with Crippen LogP contribution in [-0.2, 0) is 11.2 Å². The van der Waals surface area contributed by atoms with Gasteiger partial charge in [-0.3, -0.25) is 4.98 Å². The third kappa shape index (κ3) is 3.88. The van der Waals surface area contributed by atoms with E-state index in [0.29, 0.717) is 0 Å². The van der Waals surface area contributed by atoms with Crippen LogP contribution in [0.3, 0.4) is 0 Å². The van der Waals surface area contributed by atoms with Gasteiger partial charge in [-0.1, -0.05) is 6.92 Å². The summed E-state index contributed by atoms with van der Waals surface area (Å²) in [6, 6.07) is 0. The van der Waals surface area contributed by atoms with Crippen LogP contribution in [0.4, 0.5) is 8.78 Å². The molecule has 0 fully saturated rings. The lowest BCUT2D eigenvalue weighted by molar-refractivity contribution is 0.0389. The molecule has 0 radical (unpaired) electrons. The highest BCUT2D eigenvalue weighted by Crippen LogP contribution is 2.15. The Labute approximate surface area is 128 Å². The molecule has 0 N–H and O–H groups in total. The fraction of sp³-hybridized carbons (Fsp3) is 0.308. The zero-order valence-electron chi connectivity index (χ0n) is 11.5. The average molecular weight is 327 g/mol. The number of carbonyl (C=O) groups excluding carboxylic acids is 2. The molecule has 0 spiro atoms. The first-order valence-electron chi connectivity index (χ1n) is 6.32. The fourth-order valence-electron chi connectivity index (χ4n) is 1.48. The third-order valence-electron chi connectivity index (χ3n) is 2.51. The average Bonchev–Trinajstić information content (AvgIpc) is 2.96. The van der Waals surface area contributed by atoms with Crippen molar-refractivity contribution >= 4 is 23.3 Å². The van der Waals surface area contributed by atoms with E-state index in [-0.39, 0.29) is 11.4 Å². The van der Waals surface area contributed by atoms with Crippen LogP contribution in [0, 0.1) is 0 Å². The normalized spacial score (nSPS) is 10.7. The Morgan fingerprint density at radius 3 is 2.55 bits per heavy atom. The maximum Gasteiger partial charge on any atom is 0.366 e. The molecule has 6 nitrogen and oxygen atoms in total. The summed E-state index contributed by atoms with van der Waals surface area (Å²) in [7, 11) is 0. The molecule has 0 amide bonds. The Hall–Kier alpha value is -2.29. The zero-order chi connectivity index (χ0) is 16.1. The second kappa shape index (κ2) is 7.12. The van der Waals surface area contributed by atoms with E-state index >= 15 is 0 Å². The number of alkyl halides is 2. The minimum absolute atomic E-state index is 0.0268. The number of halogens is 2. The van der Waals surface area contributed by atoms with Crippen molar-refractivity contribution in [3.05, 3.63) is 39.9 Å². The minimum atomic E-state index is -2.79. The Kier molecular flexibility index (Phi) is 5.21. The molecule has 0 saturated carbocycles. The maximum atomic E-state index is 12.3. The topological polar surface area (TPSA) is 82.0 Å². The number of hydrogen-bond acceptors (Lipinski definition) is 7. The van der Waals surface area contributed by atoms with Crippen LogP contribution in [0.2, 0.25) is 0 Å². The van der Waals surface area contributed by atoms with Crippen molar-refractivity contribution in [3.8, 4) is 0 Å². The van der Waals surface area contributed by atoms with E-state index in [1.165, 1.54) is 16.7 Å². The Bertz CT molecular complexity index is 673. The molecule has 0 unspecified atom stereocenters. The predicted molar refractivity (Wildman–Crippen MR) is 72.8 cm³/mol. The monoisotopic (exact) mass is 327 g/mol. The highest BCUT2D eigenvalue weighted by Gasteiger charge is 2.19. The molecule has 2 heterocycles. The van der Waals surface area contributed by atoms with Crippen LogP contribution >= 0.6 is 11.3 Å². The van der Waals surface area contributed by atoms with Gasteiger partial charge >= 0.3 is 11.9 Å². The molecule has 0 atom stereocenters. The standard InChI is InChI=1S/C13H11F2N3O3S/c1-2-3-10-18-9(6-22-10)13(20)21-12(19)8-5-16-7(4-17-8)11(14)15/h4-6,11H,2-3H2,1H3. The van der Waals surface area contributed by atoms with Crippen LogP contribution in [0.5, 0.6) is 0 Å². The number of carbonyl (C=O) groups is 2. The van der Waals surface area contributed by atoms with Gasteiger partial charge in [0.2, 0.25) is 0 Å². The second-order valence-electron chi connectivity index (χ2n) is 4.18. The van der Waals surface area contributed by atoms with E-state index in [9.17, 15) is 18.4 Å². The van der Waals surface area contributed by atoms with Gasteiger partial charge in [0.15, 0.2) is 11.4 Å². The summed E-state index contributed by atoms with van der Waals surface area (Å²) in [5.41, 5.74) is -0.868. The Balaban J connectivity index is 2.02. The van der Waals surface area contributed by atoms with E-state index < -0.39 is 24.1 Å². The van der Waals surface area contributed by atoms with E-state index in [0.717, 1.165) is 30.2 Å². The summed E-state index contributed by atoms with van der Waals surface area (Å²) >= 11 is 1.30. The maximum absolute atomic E-state index is 12.3. The van der Waals surface area contributed by atoms with Gasteiger partial charge in [0.1, 0.15) is 5.69 Å². The van der Waals surface area contributed by atoms with Gasteiger partial charge in [-0.25, -0.2) is 28.3 Å². The molecule has 2 aromatic rings. The van der Waals surface area contributed by atoms with Crippen molar-refractivity contribution in [1.82, 2.24) is 15.0 Å². The Morgan fingerprint density at radius 1 is 1.23 bits per heavy atom. The summed E-state index contributed by atoms with van der Waals surface area (Å²) in [6.07, 6.45) is 0.417. The molecule has 116 valence electrons. The summed E-state index contributed by atoms with van der Waals surface area (Å²) in [4.78, 5) is 34.3. The van der Waals surface area contributed by atoms with E-state index in [2.05, 4.69) is 19.7 Å². The van der Waals surface area contributed by atoms with Crippen molar-refractivity contribution in [3.63, 3.8) is 0 Å². The molecule has 0 aliphatic carbocycles. The molecule has 2 aromatic heterocycles. The lowest BCUT2D eigenvalue weighted by atomic mass is 10.3. The van der Waals surface area contributed by atoms with Gasteiger partial charge in [0.05, 0.1) is 17.4 Å². The molecule has 2 rings (SSSR count). The van der Waals surface area contributed by atoms with Crippen LogP contribution in [0.15, 0.2) is 17.8 Å². The first kappa shape index (κ1) is 16.1. The van der Waals surface area contributed by atoms with Gasteiger partial charge in [-0.2, -0.15) is 0 Å². The smallest absolute Gasteiger partial charge is 0.366 e. The van der Waals surface area contributed by atoms with Gasteiger partial charge in [-0.05, 0) is 12.8 Å². The first-order chi connectivity index (χ1) is 10.5.